The molecule has 0 heterocycles. The van der Waals surface area contributed by atoms with Crippen molar-refractivity contribution < 1.29 is 17.9 Å². The number of ether oxygens (including phenoxy) is 1. The maximum Gasteiger partial charge on any atom is 0.411 e. The normalized spacial score (nSPS) is 16.2. The second kappa shape index (κ2) is 7.18. The van der Waals surface area contributed by atoms with Crippen LogP contribution in [-0.2, 0) is 4.74 Å². The van der Waals surface area contributed by atoms with Gasteiger partial charge in [0, 0.05) is 18.6 Å². The number of rotatable bonds is 8. The first kappa shape index (κ1) is 16.7. The van der Waals surface area contributed by atoms with E-state index in [9.17, 15) is 13.2 Å². The van der Waals surface area contributed by atoms with Gasteiger partial charge < -0.3 is 10.5 Å². The first-order chi connectivity index (χ1) is 7.79. The lowest BCUT2D eigenvalue weighted by atomic mass is 9.96. The van der Waals surface area contributed by atoms with E-state index in [1.807, 2.05) is 20.8 Å². The van der Waals surface area contributed by atoms with Crippen LogP contribution in [0.3, 0.4) is 0 Å². The molecule has 1 atom stereocenters. The van der Waals surface area contributed by atoms with Crippen LogP contribution >= 0.6 is 0 Å². The Kier molecular flexibility index (Phi) is 7.04. The number of alkyl halides is 3. The van der Waals surface area contributed by atoms with E-state index in [2.05, 4.69) is 9.64 Å². The quantitative estimate of drug-likeness (QED) is 0.675. The van der Waals surface area contributed by atoms with E-state index in [-0.39, 0.29) is 12.1 Å². The smallest absolute Gasteiger partial charge is 0.371 e. The molecule has 0 fully saturated rings. The average Bonchev–Trinajstić information content (AvgIpc) is 2.27. The van der Waals surface area contributed by atoms with E-state index >= 15 is 0 Å². The Bertz CT molecular complexity index is 205. The Morgan fingerprint density at radius 1 is 1.24 bits per heavy atom. The molecule has 0 aliphatic rings. The third-order valence-corrected chi connectivity index (χ3v) is 3.12. The molecule has 17 heavy (non-hydrogen) atoms. The molecule has 0 rings (SSSR count). The highest BCUT2D eigenvalue weighted by atomic mass is 19.4. The van der Waals surface area contributed by atoms with Gasteiger partial charge in [0.15, 0.2) is 0 Å². The molecule has 0 saturated carbocycles. The SMILES string of the molecule is CCN(CCOCC(F)(F)F)C(C)(CC)CN. The molecule has 0 aliphatic heterocycles. The van der Waals surface area contributed by atoms with Crippen LogP contribution < -0.4 is 5.73 Å². The molecule has 0 bridgehead atoms. The minimum Gasteiger partial charge on any atom is -0.371 e. The fourth-order valence-corrected chi connectivity index (χ4v) is 1.67. The van der Waals surface area contributed by atoms with Crippen LogP contribution in [0.2, 0.25) is 0 Å². The van der Waals surface area contributed by atoms with E-state index in [0.717, 1.165) is 13.0 Å². The summed E-state index contributed by atoms with van der Waals surface area (Å²) in [5.74, 6) is 0. The van der Waals surface area contributed by atoms with Gasteiger partial charge in [0.2, 0.25) is 0 Å². The van der Waals surface area contributed by atoms with E-state index < -0.39 is 12.8 Å². The largest absolute Gasteiger partial charge is 0.411 e. The van der Waals surface area contributed by atoms with Crippen molar-refractivity contribution in [2.24, 2.45) is 5.73 Å². The summed E-state index contributed by atoms with van der Waals surface area (Å²) in [5.41, 5.74) is 5.53. The van der Waals surface area contributed by atoms with Crippen LogP contribution in [0.25, 0.3) is 0 Å². The summed E-state index contributed by atoms with van der Waals surface area (Å²) in [5, 5.41) is 0. The van der Waals surface area contributed by atoms with Gasteiger partial charge in [-0.2, -0.15) is 13.2 Å². The van der Waals surface area contributed by atoms with Gasteiger partial charge in [-0.05, 0) is 19.9 Å². The second-order valence-corrected chi connectivity index (χ2v) is 4.30. The number of halogens is 3. The molecule has 6 heteroatoms. The summed E-state index contributed by atoms with van der Waals surface area (Å²) in [6, 6.07) is 0. The van der Waals surface area contributed by atoms with Crippen LogP contribution in [0.4, 0.5) is 13.2 Å². The number of likely N-dealkylation sites (N-methyl/N-ethyl adjacent to an activating group) is 1. The van der Waals surface area contributed by atoms with Gasteiger partial charge in [-0.1, -0.05) is 13.8 Å². The van der Waals surface area contributed by atoms with E-state index in [0.29, 0.717) is 13.1 Å². The summed E-state index contributed by atoms with van der Waals surface area (Å²) in [4.78, 5) is 2.06. The van der Waals surface area contributed by atoms with E-state index in [1.54, 1.807) is 0 Å². The molecule has 0 aliphatic carbocycles. The van der Waals surface area contributed by atoms with Crippen molar-refractivity contribution in [1.29, 1.82) is 0 Å². The lowest BCUT2D eigenvalue weighted by Gasteiger charge is -2.39. The number of nitrogens with two attached hydrogens (primary N) is 1. The Morgan fingerprint density at radius 2 is 1.82 bits per heavy atom. The molecular formula is C11H23F3N2O. The predicted octanol–water partition coefficient (Wildman–Crippen LogP) is 2.01. The molecule has 2 N–H and O–H groups in total. The molecule has 0 aromatic carbocycles. The highest BCUT2D eigenvalue weighted by molar-refractivity contribution is 4.85. The molecule has 0 radical (unpaired) electrons. The molecular weight excluding hydrogens is 233 g/mol. The van der Waals surface area contributed by atoms with Gasteiger partial charge in [0.1, 0.15) is 6.61 Å². The van der Waals surface area contributed by atoms with Crippen LogP contribution in [0.1, 0.15) is 27.2 Å². The Hall–Kier alpha value is -0.330. The number of nitrogens with zero attached hydrogens (tertiary/aromatic N) is 1. The molecule has 1 unspecified atom stereocenters. The fourth-order valence-electron chi connectivity index (χ4n) is 1.67. The van der Waals surface area contributed by atoms with Crippen LogP contribution in [0.15, 0.2) is 0 Å². The van der Waals surface area contributed by atoms with Crippen LogP contribution in [0.5, 0.6) is 0 Å². The molecule has 0 amide bonds. The van der Waals surface area contributed by atoms with Crippen molar-refractivity contribution >= 4 is 0 Å². The molecule has 0 aromatic heterocycles. The minimum absolute atomic E-state index is 0.0724. The van der Waals surface area contributed by atoms with Crippen molar-refractivity contribution in [3.05, 3.63) is 0 Å². The lowest BCUT2D eigenvalue weighted by Crippen LogP contribution is -2.52. The van der Waals surface area contributed by atoms with Crippen molar-refractivity contribution in [3.63, 3.8) is 0 Å². The van der Waals surface area contributed by atoms with E-state index in [4.69, 9.17) is 5.73 Å². The van der Waals surface area contributed by atoms with Crippen molar-refractivity contribution in [1.82, 2.24) is 4.90 Å². The van der Waals surface area contributed by atoms with Gasteiger partial charge in [-0.15, -0.1) is 0 Å². The molecule has 104 valence electrons. The number of hydrogen-bond donors (Lipinski definition) is 1. The minimum atomic E-state index is -4.25. The zero-order chi connectivity index (χ0) is 13.5. The lowest BCUT2D eigenvalue weighted by molar-refractivity contribution is -0.175. The summed E-state index contributed by atoms with van der Waals surface area (Å²) in [6.07, 6.45) is -3.39. The summed E-state index contributed by atoms with van der Waals surface area (Å²) in [7, 11) is 0. The second-order valence-electron chi connectivity index (χ2n) is 4.30. The third kappa shape index (κ3) is 6.24. The zero-order valence-corrected chi connectivity index (χ0v) is 10.8. The number of hydrogen-bond acceptors (Lipinski definition) is 3. The van der Waals surface area contributed by atoms with Gasteiger partial charge in [0.25, 0.3) is 0 Å². The standard InChI is InChI=1S/C11H23F3N2O/c1-4-10(3,8-15)16(5-2)6-7-17-9-11(12,13)14/h4-9,15H2,1-3H3. The average molecular weight is 256 g/mol. The van der Waals surface area contributed by atoms with Crippen LogP contribution in [0, 0.1) is 0 Å². The summed E-state index contributed by atoms with van der Waals surface area (Å²) in [6.45, 7) is 6.58. The van der Waals surface area contributed by atoms with Gasteiger partial charge in [0.05, 0.1) is 6.61 Å². The Labute approximate surface area is 101 Å². The fraction of sp³-hybridized carbons (Fsp3) is 1.00. The summed E-state index contributed by atoms with van der Waals surface area (Å²) < 4.78 is 40.2. The van der Waals surface area contributed by atoms with Gasteiger partial charge in [-0.3, -0.25) is 4.90 Å². The Morgan fingerprint density at radius 3 is 2.18 bits per heavy atom. The molecule has 0 saturated heterocycles. The van der Waals surface area contributed by atoms with Gasteiger partial charge in [-0.25, -0.2) is 0 Å². The summed E-state index contributed by atoms with van der Waals surface area (Å²) >= 11 is 0. The highest BCUT2D eigenvalue weighted by Gasteiger charge is 2.29. The Balaban J connectivity index is 4.06. The van der Waals surface area contributed by atoms with E-state index in [1.165, 1.54) is 0 Å². The first-order valence-electron chi connectivity index (χ1n) is 5.88. The van der Waals surface area contributed by atoms with Crippen molar-refractivity contribution in [2.75, 3.05) is 32.8 Å². The predicted molar refractivity (Wildman–Crippen MR) is 61.9 cm³/mol. The van der Waals surface area contributed by atoms with Crippen molar-refractivity contribution in [3.8, 4) is 0 Å². The first-order valence-corrected chi connectivity index (χ1v) is 5.88. The highest BCUT2D eigenvalue weighted by Crippen LogP contribution is 2.18. The van der Waals surface area contributed by atoms with Crippen LogP contribution in [-0.4, -0.2) is 49.5 Å². The zero-order valence-electron chi connectivity index (χ0n) is 10.8. The topological polar surface area (TPSA) is 38.5 Å². The molecule has 0 spiro atoms. The molecule has 3 nitrogen and oxygen atoms in total. The van der Waals surface area contributed by atoms with Crippen molar-refractivity contribution in [2.45, 2.75) is 38.9 Å². The maximum atomic E-state index is 11.9. The third-order valence-electron chi connectivity index (χ3n) is 3.12. The van der Waals surface area contributed by atoms with Gasteiger partial charge >= 0.3 is 6.18 Å². The molecule has 0 aromatic rings. The monoisotopic (exact) mass is 256 g/mol. The maximum absolute atomic E-state index is 11.9.